The molecule has 0 aliphatic heterocycles. The largest absolute Gasteiger partial charge is 0.508 e. The average molecular weight is 245 g/mol. The van der Waals surface area contributed by atoms with Crippen LogP contribution in [-0.4, -0.2) is 10.1 Å². The molecule has 0 aliphatic rings. The van der Waals surface area contributed by atoms with Crippen LogP contribution in [0.15, 0.2) is 39.5 Å². The zero-order valence-electron chi connectivity index (χ0n) is 8.56. The minimum atomic E-state index is -0.290. The molecule has 0 aliphatic carbocycles. The third kappa shape index (κ3) is 1.60. The minimum Gasteiger partial charge on any atom is -0.508 e. The van der Waals surface area contributed by atoms with E-state index in [2.05, 4.69) is 4.98 Å². The lowest BCUT2D eigenvalue weighted by Gasteiger charge is -2.01. The molecule has 5 heteroatoms. The van der Waals surface area contributed by atoms with Crippen molar-refractivity contribution in [2.45, 2.75) is 0 Å². The van der Waals surface area contributed by atoms with Gasteiger partial charge in [-0.05, 0) is 47.3 Å². The molecule has 3 rings (SSSR count). The number of H-pyrrole nitrogens is 1. The fourth-order valence-corrected chi connectivity index (χ4v) is 1.99. The SMILES string of the molecule is O=c1[nH]c(=S)oc2cc3ccc(O)cc3cc12. The number of phenolic OH excluding ortho intramolecular Hbond substituents is 1. The second-order valence-corrected chi connectivity index (χ2v) is 4.09. The van der Waals surface area contributed by atoms with Crippen LogP contribution in [0.4, 0.5) is 0 Å². The molecule has 2 N–H and O–H groups in total. The standard InChI is InChI=1S/C12H7NO3S/c14-8-2-1-6-5-10-9(4-7(6)3-8)11(15)13-12(17)16-10/h1-5,14H,(H,13,15,17). The van der Waals surface area contributed by atoms with E-state index in [1.807, 2.05) is 0 Å². The van der Waals surface area contributed by atoms with Crippen molar-refractivity contribution < 1.29 is 9.52 Å². The lowest BCUT2D eigenvalue weighted by molar-refractivity contribution is 0.476. The van der Waals surface area contributed by atoms with Crippen LogP contribution in [0, 0.1) is 4.84 Å². The molecule has 0 saturated carbocycles. The topological polar surface area (TPSA) is 66.2 Å². The van der Waals surface area contributed by atoms with E-state index in [1.54, 1.807) is 30.3 Å². The Morgan fingerprint density at radius 2 is 2.00 bits per heavy atom. The maximum Gasteiger partial charge on any atom is 0.269 e. The Bertz CT molecular complexity index is 848. The molecule has 0 spiro atoms. The maximum absolute atomic E-state index is 11.7. The van der Waals surface area contributed by atoms with E-state index in [1.165, 1.54) is 0 Å². The summed E-state index contributed by atoms with van der Waals surface area (Å²) in [6.07, 6.45) is 0. The molecule has 1 heterocycles. The van der Waals surface area contributed by atoms with Gasteiger partial charge in [-0.25, -0.2) is 0 Å². The first-order chi connectivity index (χ1) is 8.13. The number of fused-ring (bicyclic) bond motifs is 2. The van der Waals surface area contributed by atoms with Gasteiger partial charge < -0.3 is 9.52 Å². The van der Waals surface area contributed by atoms with Gasteiger partial charge in [-0.15, -0.1) is 0 Å². The molecule has 1 aromatic heterocycles. The van der Waals surface area contributed by atoms with Gasteiger partial charge in [0.2, 0.25) is 0 Å². The number of nitrogens with one attached hydrogen (secondary N) is 1. The zero-order chi connectivity index (χ0) is 12.0. The van der Waals surface area contributed by atoms with E-state index >= 15 is 0 Å². The summed E-state index contributed by atoms with van der Waals surface area (Å²) in [5.74, 6) is 0.158. The number of aromatic amines is 1. The molecule has 4 nitrogen and oxygen atoms in total. The third-order valence-corrected chi connectivity index (χ3v) is 2.77. The van der Waals surface area contributed by atoms with Crippen molar-refractivity contribution in [2.75, 3.05) is 0 Å². The van der Waals surface area contributed by atoms with Crippen LogP contribution in [0.3, 0.4) is 0 Å². The highest BCUT2D eigenvalue weighted by molar-refractivity contribution is 7.71. The van der Waals surface area contributed by atoms with E-state index in [0.717, 1.165) is 10.8 Å². The average Bonchev–Trinajstić information content (AvgIpc) is 2.27. The van der Waals surface area contributed by atoms with Crippen LogP contribution in [0.1, 0.15) is 0 Å². The quantitative estimate of drug-likeness (QED) is 0.472. The summed E-state index contributed by atoms with van der Waals surface area (Å²) in [5, 5.41) is 11.5. The van der Waals surface area contributed by atoms with Gasteiger partial charge in [0.05, 0.1) is 5.39 Å². The van der Waals surface area contributed by atoms with Crippen LogP contribution in [0.2, 0.25) is 0 Å². The molecular weight excluding hydrogens is 238 g/mol. The summed E-state index contributed by atoms with van der Waals surface area (Å²) < 4.78 is 5.28. The molecule has 0 saturated heterocycles. The lowest BCUT2D eigenvalue weighted by atomic mass is 10.1. The Balaban J connectivity index is 2.56. The number of phenols is 1. The summed E-state index contributed by atoms with van der Waals surface area (Å²) in [4.78, 5) is 14.2. The van der Waals surface area contributed by atoms with Crippen molar-refractivity contribution in [3.63, 3.8) is 0 Å². The lowest BCUT2D eigenvalue weighted by Crippen LogP contribution is -2.05. The number of hydrogen-bond donors (Lipinski definition) is 2. The molecular formula is C12H7NO3S. The van der Waals surface area contributed by atoms with E-state index in [0.29, 0.717) is 11.0 Å². The Morgan fingerprint density at radius 3 is 2.82 bits per heavy atom. The smallest absolute Gasteiger partial charge is 0.269 e. The van der Waals surface area contributed by atoms with E-state index in [4.69, 9.17) is 16.6 Å². The highest BCUT2D eigenvalue weighted by atomic mass is 32.1. The summed E-state index contributed by atoms with van der Waals surface area (Å²) in [7, 11) is 0. The van der Waals surface area contributed by atoms with Crippen LogP contribution >= 0.6 is 12.2 Å². The van der Waals surface area contributed by atoms with Crippen molar-refractivity contribution >= 4 is 34.0 Å². The molecule has 0 bridgehead atoms. The normalized spacial score (nSPS) is 11.1. The van der Waals surface area contributed by atoms with Gasteiger partial charge in [0.1, 0.15) is 11.3 Å². The first-order valence-corrected chi connectivity index (χ1v) is 5.34. The Labute approximate surface area is 100 Å². The number of aromatic nitrogens is 1. The van der Waals surface area contributed by atoms with Gasteiger partial charge in [0.25, 0.3) is 10.4 Å². The molecule has 0 amide bonds. The molecule has 0 fully saturated rings. The summed E-state index contributed by atoms with van der Waals surface area (Å²) in [5.41, 5.74) is 0.151. The fourth-order valence-electron chi connectivity index (χ4n) is 1.81. The predicted molar refractivity (Wildman–Crippen MR) is 66.8 cm³/mol. The Morgan fingerprint density at radius 1 is 1.18 bits per heavy atom. The summed E-state index contributed by atoms with van der Waals surface area (Å²) >= 11 is 4.81. The Hall–Kier alpha value is -2.14. The molecule has 2 aromatic carbocycles. The first kappa shape index (κ1) is 10.0. The molecule has 17 heavy (non-hydrogen) atoms. The van der Waals surface area contributed by atoms with Crippen LogP contribution in [0.25, 0.3) is 21.7 Å². The van der Waals surface area contributed by atoms with Gasteiger partial charge >= 0.3 is 0 Å². The van der Waals surface area contributed by atoms with Crippen molar-refractivity contribution in [1.29, 1.82) is 0 Å². The number of rotatable bonds is 0. The summed E-state index contributed by atoms with van der Waals surface area (Å²) in [6.45, 7) is 0. The van der Waals surface area contributed by atoms with Crippen molar-refractivity contribution in [3.8, 4) is 5.75 Å². The number of aromatic hydroxyl groups is 1. The van der Waals surface area contributed by atoms with Crippen molar-refractivity contribution in [2.24, 2.45) is 0 Å². The van der Waals surface area contributed by atoms with Crippen LogP contribution in [-0.2, 0) is 0 Å². The van der Waals surface area contributed by atoms with Gasteiger partial charge in [-0.3, -0.25) is 9.78 Å². The first-order valence-electron chi connectivity index (χ1n) is 4.93. The monoisotopic (exact) mass is 245 g/mol. The van der Waals surface area contributed by atoms with E-state index in [9.17, 15) is 9.90 Å². The van der Waals surface area contributed by atoms with Gasteiger partial charge in [0, 0.05) is 0 Å². The maximum atomic E-state index is 11.7. The van der Waals surface area contributed by atoms with Gasteiger partial charge in [-0.1, -0.05) is 6.07 Å². The highest BCUT2D eigenvalue weighted by Crippen LogP contribution is 2.23. The highest BCUT2D eigenvalue weighted by Gasteiger charge is 2.04. The second-order valence-electron chi connectivity index (χ2n) is 3.72. The molecule has 0 unspecified atom stereocenters. The number of benzene rings is 2. The predicted octanol–water partition coefficient (Wildman–Crippen LogP) is 2.71. The zero-order valence-corrected chi connectivity index (χ0v) is 9.38. The summed E-state index contributed by atoms with van der Waals surface area (Å²) in [6, 6.07) is 8.33. The second kappa shape index (κ2) is 3.43. The Kier molecular flexibility index (Phi) is 2.02. The van der Waals surface area contributed by atoms with Crippen molar-refractivity contribution in [3.05, 3.63) is 45.5 Å². The van der Waals surface area contributed by atoms with E-state index < -0.39 is 0 Å². The minimum absolute atomic E-state index is 0.0561. The fraction of sp³-hybridized carbons (Fsp3) is 0. The molecule has 84 valence electrons. The molecule has 0 atom stereocenters. The van der Waals surface area contributed by atoms with Gasteiger partial charge in [-0.2, -0.15) is 0 Å². The number of hydrogen-bond acceptors (Lipinski definition) is 4. The van der Waals surface area contributed by atoms with Crippen molar-refractivity contribution in [1.82, 2.24) is 4.98 Å². The van der Waals surface area contributed by atoms with E-state index in [-0.39, 0.29) is 16.1 Å². The third-order valence-electron chi connectivity index (χ3n) is 2.59. The van der Waals surface area contributed by atoms with Gasteiger partial charge in [0.15, 0.2) is 0 Å². The molecule has 0 radical (unpaired) electrons. The van der Waals surface area contributed by atoms with Crippen LogP contribution in [0.5, 0.6) is 5.75 Å². The van der Waals surface area contributed by atoms with Crippen LogP contribution < -0.4 is 5.56 Å². The molecule has 3 aromatic rings.